The van der Waals surface area contributed by atoms with Crippen molar-refractivity contribution in [2.75, 3.05) is 32.8 Å². The first-order valence-corrected chi connectivity index (χ1v) is 15.8. The Hall–Kier alpha value is -2.31. The lowest BCUT2D eigenvalue weighted by atomic mass is 9.90. The Bertz CT molecular complexity index is 1360. The summed E-state index contributed by atoms with van der Waals surface area (Å²) in [6.45, 7) is 5.87. The first-order valence-electron chi connectivity index (χ1n) is 14.0. The summed E-state index contributed by atoms with van der Waals surface area (Å²) < 4.78 is 64.5. The maximum Gasteiger partial charge on any atom is 0.410 e. The van der Waals surface area contributed by atoms with E-state index >= 15 is 0 Å². The number of carbonyl (C=O) groups excluding carboxylic acids is 1. The van der Waals surface area contributed by atoms with Crippen LogP contribution in [-0.4, -0.2) is 83.7 Å². The van der Waals surface area contributed by atoms with Crippen LogP contribution in [0.4, 0.5) is 13.6 Å². The van der Waals surface area contributed by atoms with Crippen LogP contribution in [0.1, 0.15) is 57.6 Å². The number of sulfonamides is 1. The van der Waals surface area contributed by atoms with Gasteiger partial charge in [-0.2, -0.15) is 4.31 Å². The number of hydrogen-bond donors (Lipinski definition) is 1. The summed E-state index contributed by atoms with van der Waals surface area (Å²) >= 11 is 6.02. The smallest absolute Gasteiger partial charge is 0.410 e. The highest BCUT2D eigenvalue weighted by Gasteiger charge is 2.60. The third kappa shape index (κ3) is 6.10. The third-order valence-corrected chi connectivity index (χ3v) is 10.8. The van der Waals surface area contributed by atoms with Crippen molar-refractivity contribution < 1.29 is 31.8 Å². The van der Waals surface area contributed by atoms with Crippen LogP contribution >= 0.6 is 11.6 Å². The molecule has 0 spiro atoms. The van der Waals surface area contributed by atoms with E-state index in [4.69, 9.17) is 16.3 Å². The van der Waals surface area contributed by atoms with Gasteiger partial charge in [-0.1, -0.05) is 11.6 Å². The molecule has 2 atom stereocenters. The van der Waals surface area contributed by atoms with Crippen LogP contribution in [0.5, 0.6) is 0 Å². The first kappa shape index (κ1) is 30.2. The van der Waals surface area contributed by atoms with Crippen LogP contribution in [0.15, 0.2) is 47.4 Å². The quantitative estimate of drug-likeness (QED) is 0.476. The van der Waals surface area contributed by atoms with Gasteiger partial charge in [-0.15, -0.1) is 0 Å². The Balaban J connectivity index is 1.44. The molecular formula is C29H36ClF2N3O5S. The molecule has 3 fully saturated rings. The van der Waals surface area contributed by atoms with E-state index in [0.29, 0.717) is 63.3 Å². The zero-order chi connectivity index (χ0) is 29.6. The molecule has 2 aliphatic heterocycles. The lowest BCUT2D eigenvalue weighted by Crippen LogP contribution is -2.58. The lowest BCUT2D eigenvalue weighted by molar-refractivity contribution is -0.0245. The number of ether oxygens (including phenoxy) is 1. The monoisotopic (exact) mass is 611 g/mol. The first-order chi connectivity index (χ1) is 19.4. The number of aliphatic hydroxyl groups excluding tert-OH is 1. The van der Waals surface area contributed by atoms with E-state index < -0.39 is 51.0 Å². The van der Waals surface area contributed by atoms with Crippen LogP contribution < -0.4 is 0 Å². The van der Waals surface area contributed by atoms with Crippen molar-refractivity contribution in [1.29, 1.82) is 0 Å². The van der Waals surface area contributed by atoms with Crippen molar-refractivity contribution in [3.8, 4) is 0 Å². The van der Waals surface area contributed by atoms with E-state index in [1.54, 1.807) is 4.90 Å². The predicted molar refractivity (Wildman–Crippen MR) is 150 cm³/mol. The van der Waals surface area contributed by atoms with Gasteiger partial charge in [0.05, 0.1) is 23.6 Å². The molecule has 2 saturated heterocycles. The Kier molecular flexibility index (Phi) is 8.39. The number of carbonyl (C=O) groups is 1. The minimum absolute atomic E-state index is 0.000390. The molecule has 0 unspecified atom stereocenters. The fraction of sp³-hybridized carbons (Fsp3) is 0.552. The molecule has 0 radical (unpaired) electrons. The molecule has 0 bridgehead atoms. The van der Waals surface area contributed by atoms with Crippen molar-refractivity contribution >= 4 is 27.7 Å². The van der Waals surface area contributed by atoms with Crippen LogP contribution in [0, 0.1) is 11.6 Å². The summed E-state index contributed by atoms with van der Waals surface area (Å²) in [7, 11) is -4.19. The summed E-state index contributed by atoms with van der Waals surface area (Å²) in [6.07, 6.45) is 1.85. The predicted octanol–water partition coefficient (Wildman–Crippen LogP) is 4.96. The average Bonchev–Trinajstić information content (AvgIpc) is 3.72. The molecule has 2 aromatic rings. The minimum Gasteiger partial charge on any atom is -0.441 e. The SMILES string of the molecule is CC(C)(CO)N1CCN(C(=O)OC2([C@H]3CCC[C@@H](c4cc(F)cc(F)c4)N3S(=O)(=O)c3ccc(Cl)cc3)CC2)CC1. The van der Waals surface area contributed by atoms with Crippen molar-refractivity contribution in [2.24, 2.45) is 0 Å². The van der Waals surface area contributed by atoms with Gasteiger partial charge in [0.25, 0.3) is 0 Å². The molecule has 5 rings (SSSR count). The number of hydrogen-bond acceptors (Lipinski definition) is 6. The molecule has 12 heteroatoms. The van der Waals surface area contributed by atoms with E-state index in [2.05, 4.69) is 4.90 Å². The number of aliphatic hydroxyl groups is 1. The summed E-state index contributed by atoms with van der Waals surface area (Å²) in [6, 6.07) is 7.31. The fourth-order valence-corrected chi connectivity index (χ4v) is 8.12. The topological polar surface area (TPSA) is 90.4 Å². The van der Waals surface area contributed by atoms with Crippen molar-refractivity contribution in [3.05, 3.63) is 64.7 Å². The molecule has 0 aromatic heterocycles. The number of piperazine rings is 1. The van der Waals surface area contributed by atoms with E-state index in [9.17, 15) is 27.1 Å². The van der Waals surface area contributed by atoms with Crippen molar-refractivity contribution in [1.82, 2.24) is 14.1 Å². The molecule has 3 aliphatic rings. The molecule has 8 nitrogen and oxygen atoms in total. The van der Waals surface area contributed by atoms with Crippen LogP contribution in [0.25, 0.3) is 0 Å². The second kappa shape index (κ2) is 11.4. The Morgan fingerprint density at radius 1 is 1.05 bits per heavy atom. The Morgan fingerprint density at radius 2 is 1.66 bits per heavy atom. The molecule has 1 amide bonds. The highest BCUT2D eigenvalue weighted by atomic mass is 35.5. The van der Waals surface area contributed by atoms with Gasteiger partial charge in [-0.25, -0.2) is 22.0 Å². The number of benzene rings is 2. The second-order valence-corrected chi connectivity index (χ2v) is 14.1. The van der Waals surface area contributed by atoms with Gasteiger partial charge in [-0.3, -0.25) is 4.90 Å². The van der Waals surface area contributed by atoms with Gasteiger partial charge < -0.3 is 14.7 Å². The average molecular weight is 612 g/mol. The van der Waals surface area contributed by atoms with Crippen molar-refractivity contribution in [3.63, 3.8) is 0 Å². The molecule has 224 valence electrons. The van der Waals surface area contributed by atoms with E-state index in [1.165, 1.54) is 40.7 Å². The molecule has 2 aromatic carbocycles. The van der Waals surface area contributed by atoms with E-state index in [1.807, 2.05) is 13.8 Å². The maximum atomic E-state index is 14.3. The highest BCUT2D eigenvalue weighted by Crippen LogP contribution is 2.52. The third-order valence-electron chi connectivity index (χ3n) is 8.65. The van der Waals surface area contributed by atoms with Crippen LogP contribution in [-0.2, 0) is 14.8 Å². The highest BCUT2D eigenvalue weighted by molar-refractivity contribution is 7.89. The largest absolute Gasteiger partial charge is 0.441 e. The van der Waals surface area contributed by atoms with Gasteiger partial charge in [0.15, 0.2) is 0 Å². The van der Waals surface area contributed by atoms with Gasteiger partial charge in [0, 0.05) is 42.8 Å². The maximum absolute atomic E-state index is 14.3. The van der Waals surface area contributed by atoms with Gasteiger partial charge in [-0.05, 0) is 87.9 Å². The normalized spacial score (nSPS) is 23.8. The summed E-state index contributed by atoms with van der Waals surface area (Å²) in [5, 5.41) is 10.1. The van der Waals surface area contributed by atoms with E-state index in [0.717, 1.165) is 6.07 Å². The summed E-state index contributed by atoms with van der Waals surface area (Å²) in [5.74, 6) is -1.58. The molecular weight excluding hydrogens is 576 g/mol. The number of rotatable bonds is 7. The number of nitrogens with zero attached hydrogens (tertiary/aromatic N) is 3. The molecule has 1 N–H and O–H groups in total. The van der Waals surface area contributed by atoms with Gasteiger partial charge >= 0.3 is 6.09 Å². The molecule has 41 heavy (non-hydrogen) atoms. The number of halogens is 3. The van der Waals surface area contributed by atoms with Crippen LogP contribution in [0.2, 0.25) is 5.02 Å². The zero-order valence-corrected chi connectivity index (χ0v) is 24.8. The standard InChI is InChI=1S/C29H36ClF2N3O5S/c1-28(2,19-36)34-14-12-33(13-15-34)27(37)40-29(10-11-29)26-5-3-4-25(20-16-22(31)18-23(32)17-20)35(26)41(38,39)24-8-6-21(30)7-9-24/h6-9,16-18,25-26,36H,3-5,10-15,19H2,1-2H3/t25-,26+/m0/s1. The van der Waals surface area contributed by atoms with Gasteiger partial charge in [0.2, 0.25) is 10.0 Å². The second-order valence-electron chi connectivity index (χ2n) is 11.8. The minimum atomic E-state index is -4.19. The zero-order valence-electron chi connectivity index (χ0n) is 23.2. The van der Waals surface area contributed by atoms with E-state index in [-0.39, 0.29) is 17.1 Å². The number of piperidine rings is 1. The lowest BCUT2D eigenvalue weighted by Gasteiger charge is -2.45. The fourth-order valence-electron chi connectivity index (χ4n) is 6.07. The Labute approximate surface area is 244 Å². The van der Waals surface area contributed by atoms with Gasteiger partial charge in [0.1, 0.15) is 17.2 Å². The summed E-state index contributed by atoms with van der Waals surface area (Å²) in [4.78, 5) is 17.1. The molecule has 1 aliphatic carbocycles. The molecule has 1 saturated carbocycles. The molecule has 2 heterocycles. The van der Waals surface area contributed by atoms with Crippen LogP contribution in [0.3, 0.4) is 0 Å². The van der Waals surface area contributed by atoms with Crippen molar-refractivity contribution in [2.45, 2.75) is 74.1 Å². The number of amides is 1. The summed E-state index contributed by atoms with van der Waals surface area (Å²) in [5.41, 5.74) is -1.23. The Morgan fingerprint density at radius 3 is 2.22 bits per heavy atom.